The first-order valence-electron chi connectivity index (χ1n) is 11.2. The van der Waals surface area contributed by atoms with Gasteiger partial charge in [0.1, 0.15) is 11.3 Å². The number of rotatable bonds is 5. The molecule has 2 aliphatic rings. The highest BCUT2D eigenvalue weighted by molar-refractivity contribution is 6.01. The van der Waals surface area contributed by atoms with E-state index in [1.807, 2.05) is 60.0 Å². The Morgan fingerprint density at radius 2 is 1.88 bits per heavy atom. The zero-order valence-electron chi connectivity index (χ0n) is 18.5. The lowest BCUT2D eigenvalue weighted by Crippen LogP contribution is -2.64. The van der Waals surface area contributed by atoms with Gasteiger partial charge in [-0.1, -0.05) is 37.1 Å². The fourth-order valence-corrected chi connectivity index (χ4v) is 4.90. The highest BCUT2D eigenvalue weighted by Crippen LogP contribution is 2.32. The van der Waals surface area contributed by atoms with Gasteiger partial charge in [-0.25, -0.2) is 4.98 Å². The second-order valence-corrected chi connectivity index (χ2v) is 8.98. The molecule has 1 aliphatic carbocycles. The van der Waals surface area contributed by atoms with Crippen LogP contribution in [0.1, 0.15) is 48.8 Å². The second kappa shape index (κ2) is 7.97. The molecular formula is C25H28N4O3. The summed E-state index contributed by atoms with van der Waals surface area (Å²) >= 11 is 0. The molecule has 1 aromatic heterocycles. The third-order valence-electron chi connectivity index (χ3n) is 6.83. The molecule has 1 atom stereocenters. The number of aromatic nitrogens is 2. The van der Waals surface area contributed by atoms with Gasteiger partial charge in [-0.3, -0.25) is 9.59 Å². The van der Waals surface area contributed by atoms with E-state index in [2.05, 4.69) is 10.3 Å². The molecule has 1 unspecified atom stereocenters. The van der Waals surface area contributed by atoms with Crippen LogP contribution in [0.15, 0.2) is 48.5 Å². The van der Waals surface area contributed by atoms with Crippen LogP contribution in [0.4, 0.5) is 0 Å². The van der Waals surface area contributed by atoms with Crippen molar-refractivity contribution >= 4 is 22.8 Å². The first-order valence-corrected chi connectivity index (χ1v) is 11.2. The van der Waals surface area contributed by atoms with Crippen LogP contribution in [0.25, 0.3) is 11.0 Å². The Balaban J connectivity index is 1.54. The molecule has 0 bridgehead atoms. The second-order valence-electron chi connectivity index (χ2n) is 8.98. The van der Waals surface area contributed by atoms with Gasteiger partial charge in [0.15, 0.2) is 5.82 Å². The monoisotopic (exact) mass is 432 g/mol. The minimum absolute atomic E-state index is 0.102. The molecule has 32 heavy (non-hydrogen) atoms. The van der Waals surface area contributed by atoms with Crippen molar-refractivity contribution in [3.63, 3.8) is 0 Å². The van der Waals surface area contributed by atoms with Gasteiger partial charge in [0.2, 0.25) is 5.91 Å². The summed E-state index contributed by atoms with van der Waals surface area (Å²) < 4.78 is 7.16. The molecule has 1 N–H and O–H groups in total. The number of amides is 2. The molecule has 2 amide bonds. The Hall–Kier alpha value is -3.35. The molecule has 0 spiro atoms. The largest absolute Gasteiger partial charge is 0.497 e. The molecule has 1 fully saturated rings. The number of imidazole rings is 1. The summed E-state index contributed by atoms with van der Waals surface area (Å²) in [5.41, 5.74) is 1.54. The number of nitrogens with one attached hydrogen (secondary N) is 1. The van der Waals surface area contributed by atoms with E-state index in [-0.39, 0.29) is 17.9 Å². The number of methoxy groups -OCH3 is 1. The van der Waals surface area contributed by atoms with E-state index in [0.29, 0.717) is 18.9 Å². The van der Waals surface area contributed by atoms with Gasteiger partial charge < -0.3 is 19.5 Å². The fourth-order valence-electron chi connectivity index (χ4n) is 4.90. The topological polar surface area (TPSA) is 76.5 Å². The Morgan fingerprint density at radius 1 is 1.16 bits per heavy atom. The lowest BCUT2D eigenvalue weighted by atomic mass is 9.93. The van der Waals surface area contributed by atoms with Crippen molar-refractivity contribution in [2.24, 2.45) is 0 Å². The molecule has 7 heteroatoms. The molecule has 7 nitrogen and oxygen atoms in total. The van der Waals surface area contributed by atoms with Gasteiger partial charge in [0, 0.05) is 12.6 Å². The smallest absolute Gasteiger partial charge is 0.291 e. The van der Waals surface area contributed by atoms with Gasteiger partial charge >= 0.3 is 0 Å². The Kier molecular flexibility index (Phi) is 5.12. The maximum atomic E-state index is 13.7. The van der Waals surface area contributed by atoms with Crippen molar-refractivity contribution in [3.8, 4) is 5.75 Å². The summed E-state index contributed by atoms with van der Waals surface area (Å²) in [5.74, 6) is 0.801. The molecule has 1 saturated carbocycles. The quantitative estimate of drug-likeness (QED) is 0.669. The molecule has 2 aromatic carbocycles. The average Bonchev–Trinajstić information content (AvgIpc) is 3.45. The summed E-state index contributed by atoms with van der Waals surface area (Å²) in [7, 11) is 1.62. The maximum Gasteiger partial charge on any atom is 0.291 e. The number of nitrogens with zero attached hydrogens (tertiary/aromatic N) is 3. The van der Waals surface area contributed by atoms with Crippen LogP contribution in [0, 0.1) is 0 Å². The van der Waals surface area contributed by atoms with Crippen LogP contribution in [0.5, 0.6) is 5.75 Å². The summed E-state index contributed by atoms with van der Waals surface area (Å²) in [6.07, 6.45) is 4.25. The zero-order chi connectivity index (χ0) is 22.3. The predicted octanol–water partition coefficient (Wildman–Crippen LogP) is 3.52. The van der Waals surface area contributed by atoms with Crippen molar-refractivity contribution in [2.75, 3.05) is 7.11 Å². The summed E-state index contributed by atoms with van der Waals surface area (Å²) in [5, 5.41) is 3.23. The van der Waals surface area contributed by atoms with Gasteiger partial charge in [0.25, 0.3) is 5.91 Å². The minimum Gasteiger partial charge on any atom is -0.497 e. The zero-order valence-corrected chi connectivity index (χ0v) is 18.5. The third kappa shape index (κ3) is 3.42. The van der Waals surface area contributed by atoms with E-state index in [4.69, 9.17) is 4.74 Å². The number of hydrogen-bond donors (Lipinski definition) is 1. The Labute approximate surface area is 187 Å². The molecule has 0 radical (unpaired) electrons. The molecule has 5 rings (SSSR count). The van der Waals surface area contributed by atoms with Crippen LogP contribution < -0.4 is 10.1 Å². The number of hydrogen-bond acceptors (Lipinski definition) is 4. The molecule has 166 valence electrons. The van der Waals surface area contributed by atoms with Crippen molar-refractivity contribution in [3.05, 3.63) is 59.9 Å². The van der Waals surface area contributed by atoms with E-state index in [1.165, 1.54) is 0 Å². The van der Waals surface area contributed by atoms with Crippen molar-refractivity contribution < 1.29 is 14.3 Å². The van der Waals surface area contributed by atoms with Crippen LogP contribution in [-0.4, -0.2) is 45.0 Å². The lowest BCUT2D eigenvalue weighted by molar-refractivity contribution is -0.133. The average molecular weight is 433 g/mol. The standard InChI is InChI=1S/C25H28N4O3/c1-25(24(31)26-18-7-3-4-8-18)16-28-21-10-6-5-9-20(21)27-22(28)23(30)29(25)15-17-11-13-19(32-2)14-12-17/h5-6,9-14,18H,3-4,7-8,15-16H2,1-2H3,(H,26,31). The van der Waals surface area contributed by atoms with Crippen molar-refractivity contribution in [1.29, 1.82) is 0 Å². The van der Waals surface area contributed by atoms with Crippen LogP contribution >= 0.6 is 0 Å². The van der Waals surface area contributed by atoms with E-state index in [9.17, 15) is 9.59 Å². The molecular weight excluding hydrogens is 404 g/mol. The number of benzene rings is 2. The number of carbonyl (C=O) groups is 2. The van der Waals surface area contributed by atoms with Crippen molar-refractivity contribution in [2.45, 2.75) is 57.3 Å². The fraction of sp³-hybridized carbons (Fsp3) is 0.400. The Morgan fingerprint density at radius 3 is 2.59 bits per heavy atom. The molecule has 0 saturated heterocycles. The van der Waals surface area contributed by atoms with E-state index >= 15 is 0 Å². The predicted molar refractivity (Wildman–Crippen MR) is 121 cm³/mol. The lowest BCUT2D eigenvalue weighted by Gasteiger charge is -2.44. The normalized spacial score (nSPS) is 21.1. The highest BCUT2D eigenvalue weighted by Gasteiger charge is 2.48. The SMILES string of the molecule is COc1ccc(CN2C(=O)c3nc4ccccc4n3CC2(C)C(=O)NC2CCCC2)cc1. The van der Waals surface area contributed by atoms with Gasteiger partial charge in [-0.15, -0.1) is 0 Å². The van der Waals surface area contributed by atoms with Crippen LogP contribution in [0.2, 0.25) is 0 Å². The maximum absolute atomic E-state index is 13.7. The van der Waals surface area contributed by atoms with Gasteiger partial charge in [-0.05, 0) is 49.6 Å². The minimum atomic E-state index is -1.03. The summed E-state index contributed by atoms with van der Waals surface area (Å²) in [4.78, 5) is 33.6. The molecule has 1 aliphatic heterocycles. The summed E-state index contributed by atoms with van der Waals surface area (Å²) in [6.45, 7) is 2.56. The highest BCUT2D eigenvalue weighted by atomic mass is 16.5. The van der Waals surface area contributed by atoms with E-state index in [0.717, 1.165) is 48.0 Å². The van der Waals surface area contributed by atoms with Gasteiger partial charge in [0.05, 0.1) is 24.7 Å². The van der Waals surface area contributed by atoms with Crippen LogP contribution in [0.3, 0.4) is 0 Å². The first-order chi connectivity index (χ1) is 15.5. The number of ether oxygens (including phenoxy) is 1. The molecule has 2 heterocycles. The van der Waals surface area contributed by atoms with Gasteiger partial charge in [-0.2, -0.15) is 0 Å². The first kappa shape index (κ1) is 20.5. The van der Waals surface area contributed by atoms with Crippen LogP contribution in [-0.2, 0) is 17.9 Å². The summed E-state index contributed by atoms with van der Waals surface area (Å²) in [6, 6.07) is 15.5. The van der Waals surface area contributed by atoms with E-state index in [1.54, 1.807) is 12.0 Å². The molecule has 3 aromatic rings. The number of para-hydroxylation sites is 2. The number of carbonyl (C=O) groups excluding carboxylic acids is 2. The number of fused-ring (bicyclic) bond motifs is 3. The van der Waals surface area contributed by atoms with Crippen molar-refractivity contribution in [1.82, 2.24) is 19.8 Å². The Bertz CT molecular complexity index is 1160. The third-order valence-corrected chi connectivity index (χ3v) is 6.83. The van der Waals surface area contributed by atoms with E-state index < -0.39 is 5.54 Å².